The first-order chi connectivity index (χ1) is 16.4. The fourth-order valence-electron chi connectivity index (χ4n) is 4.79. The van der Waals surface area contributed by atoms with Gasteiger partial charge < -0.3 is 29.6 Å². The Labute approximate surface area is 207 Å². The van der Waals surface area contributed by atoms with Gasteiger partial charge in [-0.3, -0.25) is 0 Å². The number of rotatable bonds is 5. The molecule has 2 fully saturated rings. The second-order valence-corrected chi connectivity index (χ2v) is 10.4. The molecule has 5 atom stereocenters. The zero-order valence-electron chi connectivity index (χ0n) is 20.2. The molecule has 9 nitrogen and oxygen atoms in total. The highest BCUT2D eigenvalue weighted by molar-refractivity contribution is 6.33. The van der Waals surface area contributed by atoms with Gasteiger partial charge in [0.05, 0.1) is 40.7 Å². The third kappa shape index (κ3) is 4.27. The molecule has 1 aromatic carbocycles. The predicted molar refractivity (Wildman–Crippen MR) is 129 cm³/mol. The van der Waals surface area contributed by atoms with E-state index >= 15 is 4.39 Å². The lowest BCUT2D eigenvalue weighted by molar-refractivity contribution is -0.159. The summed E-state index contributed by atoms with van der Waals surface area (Å²) >= 11 is 6.43. The Morgan fingerprint density at radius 3 is 2.69 bits per heavy atom. The zero-order chi connectivity index (χ0) is 25.2. The molecule has 3 aromatic rings. The van der Waals surface area contributed by atoms with Crippen LogP contribution in [0.2, 0.25) is 5.02 Å². The summed E-state index contributed by atoms with van der Waals surface area (Å²) in [5, 5.41) is 24.6. The lowest BCUT2D eigenvalue weighted by Gasteiger charge is -2.32. The van der Waals surface area contributed by atoms with E-state index in [9.17, 15) is 10.2 Å². The van der Waals surface area contributed by atoms with Gasteiger partial charge >= 0.3 is 0 Å². The third-order valence-electron chi connectivity index (χ3n) is 6.50. The lowest BCUT2D eigenvalue weighted by atomic mass is 9.99. The van der Waals surface area contributed by atoms with Crippen molar-refractivity contribution in [3.8, 4) is 11.3 Å². The van der Waals surface area contributed by atoms with Gasteiger partial charge in [-0.2, -0.15) is 0 Å². The van der Waals surface area contributed by atoms with Crippen LogP contribution in [0.3, 0.4) is 0 Å². The van der Waals surface area contributed by atoms with Crippen molar-refractivity contribution in [1.82, 2.24) is 19.5 Å². The number of nitrogens with zero attached hydrogens (tertiary/aromatic N) is 4. The first-order valence-electron chi connectivity index (χ1n) is 11.7. The van der Waals surface area contributed by atoms with Crippen LogP contribution in [0.4, 0.5) is 10.3 Å². The maximum absolute atomic E-state index is 15.2. The molecule has 2 aliphatic heterocycles. The Balaban J connectivity index is 1.54. The van der Waals surface area contributed by atoms with Crippen LogP contribution in [-0.4, -0.2) is 60.4 Å². The SMILES string of the molecule is CC(C)n1c(C(C)(C)O)nc2c(F)cc(-c3nc(N[C@@H]4C[C@@H]5O[C@@H](O[C@H]5C)[C@H]4O)ncc3Cl)cc21. The Morgan fingerprint density at radius 1 is 1.26 bits per heavy atom. The van der Waals surface area contributed by atoms with E-state index in [1.54, 1.807) is 19.9 Å². The predicted octanol–water partition coefficient (Wildman–Crippen LogP) is 3.77. The lowest BCUT2D eigenvalue weighted by Crippen LogP contribution is -2.48. The summed E-state index contributed by atoms with van der Waals surface area (Å²) in [6.07, 6.45) is 0.117. The Hall–Kier alpha value is -2.37. The molecule has 4 heterocycles. The van der Waals surface area contributed by atoms with Gasteiger partial charge in [-0.1, -0.05) is 11.6 Å². The van der Waals surface area contributed by atoms with E-state index < -0.39 is 23.8 Å². The zero-order valence-corrected chi connectivity index (χ0v) is 20.9. The van der Waals surface area contributed by atoms with Crippen LogP contribution < -0.4 is 5.32 Å². The highest BCUT2D eigenvalue weighted by atomic mass is 35.5. The van der Waals surface area contributed by atoms with Crippen molar-refractivity contribution < 1.29 is 24.1 Å². The van der Waals surface area contributed by atoms with Crippen molar-refractivity contribution in [2.75, 3.05) is 5.32 Å². The number of anilines is 1. The number of aliphatic hydroxyl groups excluding tert-OH is 1. The van der Waals surface area contributed by atoms with Gasteiger partial charge in [0.25, 0.3) is 0 Å². The number of fused-ring (bicyclic) bond motifs is 3. The number of ether oxygens (including phenoxy) is 2. The van der Waals surface area contributed by atoms with E-state index in [0.29, 0.717) is 29.0 Å². The molecule has 2 aliphatic rings. The largest absolute Gasteiger partial charge is 0.386 e. The van der Waals surface area contributed by atoms with Crippen LogP contribution in [0.5, 0.6) is 0 Å². The second kappa shape index (κ2) is 8.63. The van der Waals surface area contributed by atoms with Gasteiger partial charge in [0.15, 0.2) is 12.1 Å². The fraction of sp³-hybridized carbons (Fsp3) is 0.542. The van der Waals surface area contributed by atoms with Crippen LogP contribution in [0.25, 0.3) is 22.3 Å². The number of nitrogens with one attached hydrogen (secondary N) is 1. The summed E-state index contributed by atoms with van der Waals surface area (Å²) in [7, 11) is 0. The minimum atomic E-state index is -1.26. The summed E-state index contributed by atoms with van der Waals surface area (Å²) in [5.41, 5.74) is 0.210. The van der Waals surface area contributed by atoms with Crippen molar-refractivity contribution in [3.05, 3.63) is 35.0 Å². The molecule has 2 saturated heterocycles. The molecule has 0 unspecified atom stereocenters. The van der Waals surface area contributed by atoms with Gasteiger partial charge in [0.1, 0.15) is 23.0 Å². The molecule has 3 N–H and O–H groups in total. The van der Waals surface area contributed by atoms with Crippen LogP contribution in [0.15, 0.2) is 18.3 Å². The van der Waals surface area contributed by atoms with Crippen LogP contribution in [-0.2, 0) is 15.1 Å². The summed E-state index contributed by atoms with van der Waals surface area (Å²) in [6, 6.07) is 2.63. The van der Waals surface area contributed by atoms with Crippen molar-refractivity contribution in [1.29, 1.82) is 0 Å². The maximum Gasteiger partial charge on any atom is 0.223 e. The number of hydrogen-bond acceptors (Lipinski definition) is 8. The molecule has 11 heteroatoms. The van der Waals surface area contributed by atoms with Crippen LogP contribution >= 0.6 is 11.6 Å². The van der Waals surface area contributed by atoms with Gasteiger partial charge in [-0.05, 0) is 53.2 Å². The van der Waals surface area contributed by atoms with Crippen molar-refractivity contribution in [3.63, 3.8) is 0 Å². The fourth-order valence-corrected chi connectivity index (χ4v) is 4.99. The van der Waals surface area contributed by atoms with E-state index in [4.69, 9.17) is 21.1 Å². The summed E-state index contributed by atoms with van der Waals surface area (Å²) in [5.74, 6) is 0.0703. The monoisotopic (exact) mass is 505 g/mol. The van der Waals surface area contributed by atoms with Gasteiger partial charge in [0.2, 0.25) is 5.95 Å². The van der Waals surface area contributed by atoms with E-state index in [1.807, 2.05) is 25.3 Å². The molecular formula is C24H29ClFN5O4. The molecular weight excluding hydrogens is 477 g/mol. The van der Waals surface area contributed by atoms with E-state index in [0.717, 1.165) is 0 Å². The Morgan fingerprint density at radius 2 is 2.00 bits per heavy atom. The third-order valence-corrected chi connectivity index (χ3v) is 6.78. The van der Waals surface area contributed by atoms with Crippen LogP contribution in [0.1, 0.15) is 52.9 Å². The average Bonchev–Trinajstić information content (AvgIpc) is 3.32. The molecule has 2 bridgehead atoms. The molecule has 0 spiro atoms. The minimum absolute atomic E-state index is 0.0795. The highest BCUT2D eigenvalue weighted by Crippen LogP contribution is 2.36. The first kappa shape index (κ1) is 24.3. The van der Waals surface area contributed by atoms with Crippen molar-refractivity contribution in [2.45, 2.75) is 83.3 Å². The van der Waals surface area contributed by atoms with Gasteiger partial charge in [0, 0.05) is 11.6 Å². The van der Waals surface area contributed by atoms with Crippen molar-refractivity contribution in [2.24, 2.45) is 0 Å². The molecule has 188 valence electrons. The van der Waals surface area contributed by atoms with Crippen LogP contribution in [0, 0.1) is 5.82 Å². The molecule has 35 heavy (non-hydrogen) atoms. The summed E-state index contributed by atoms with van der Waals surface area (Å²) in [4.78, 5) is 13.2. The first-order valence-corrected chi connectivity index (χ1v) is 12.0. The summed E-state index contributed by atoms with van der Waals surface area (Å²) in [6.45, 7) is 9.03. The molecule has 0 saturated carbocycles. The van der Waals surface area contributed by atoms with Crippen molar-refractivity contribution >= 4 is 28.6 Å². The number of imidazole rings is 1. The second-order valence-electron chi connectivity index (χ2n) is 10.0. The smallest absolute Gasteiger partial charge is 0.223 e. The topological polar surface area (TPSA) is 115 Å². The molecule has 0 aliphatic carbocycles. The quantitative estimate of drug-likeness (QED) is 0.480. The standard InChI is InChI=1S/C24H29ClFN5O4/c1-10(2)31-16-7-12(6-14(26)19(16)29-22(31)24(4,5)33)18-13(25)9-27-23(30-18)28-15-8-17-11(3)34-21(35-17)20(15)32/h6-7,9-11,15,17,20-21,32-33H,8H2,1-5H3,(H,27,28,30)/t11-,15+,17-,20-,21+/m0/s1. The molecule has 0 amide bonds. The van der Waals surface area contributed by atoms with E-state index in [2.05, 4.69) is 20.3 Å². The van der Waals surface area contributed by atoms with E-state index in [-0.39, 0.29) is 40.8 Å². The molecule has 0 radical (unpaired) electrons. The van der Waals surface area contributed by atoms with E-state index in [1.165, 1.54) is 12.3 Å². The number of halogens is 2. The minimum Gasteiger partial charge on any atom is -0.386 e. The Kier molecular flexibility index (Phi) is 6.00. The number of aliphatic hydroxyl groups is 2. The number of benzene rings is 1. The average molecular weight is 506 g/mol. The maximum atomic E-state index is 15.2. The van der Waals surface area contributed by atoms with Gasteiger partial charge in [-0.25, -0.2) is 19.3 Å². The highest BCUT2D eigenvalue weighted by Gasteiger charge is 2.47. The van der Waals surface area contributed by atoms with Gasteiger partial charge in [-0.15, -0.1) is 0 Å². The Bertz CT molecular complexity index is 1280. The number of hydrogen-bond donors (Lipinski definition) is 3. The molecule has 5 rings (SSSR count). The number of aromatic nitrogens is 4. The molecule has 2 aromatic heterocycles. The summed E-state index contributed by atoms with van der Waals surface area (Å²) < 4.78 is 28.4. The normalized spacial score (nSPS) is 26.6.